The molecular weight excluding hydrogens is 449 g/mol. The van der Waals surface area contributed by atoms with Crippen molar-refractivity contribution in [1.82, 2.24) is 15.2 Å². The van der Waals surface area contributed by atoms with Crippen molar-refractivity contribution in [2.45, 2.75) is 32.6 Å². The van der Waals surface area contributed by atoms with Crippen LogP contribution in [0.5, 0.6) is 0 Å². The standard InChI is InChI=1S/C27H26FN3O2S/c1-2-17-6-8-18(9-7-17)24-21-16-30-22-11-10-19(28)15-20(22)25(21)34-26(24)27(33)29-12-4-14-31-13-3-5-23(31)32/h6-11,15-16H,2-5,12-14H2,1H3,(H,29,33). The Labute approximate surface area is 201 Å². The summed E-state index contributed by atoms with van der Waals surface area (Å²) in [7, 11) is 0. The lowest BCUT2D eigenvalue weighted by Gasteiger charge is -2.15. The second-order valence-electron chi connectivity index (χ2n) is 8.61. The maximum Gasteiger partial charge on any atom is 0.262 e. The van der Waals surface area contributed by atoms with Crippen molar-refractivity contribution in [3.05, 3.63) is 64.9 Å². The Kier molecular flexibility index (Phi) is 6.28. The van der Waals surface area contributed by atoms with Crippen LogP contribution in [0.1, 0.15) is 41.4 Å². The average molecular weight is 476 g/mol. The van der Waals surface area contributed by atoms with Gasteiger partial charge in [-0.2, -0.15) is 0 Å². The van der Waals surface area contributed by atoms with Crippen LogP contribution in [-0.2, 0) is 11.2 Å². The van der Waals surface area contributed by atoms with E-state index in [9.17, 15) is 14.0 Å². The van der Waals surface area contributed by atoms with Crippen LogP contribution >= 0.6 is 11.3 Å². The van der Waals surface area contributed by atoms with Gasteiger partial charge in [0.15, 0.2) is 0 Å². The summed E-state index contributed by atoms with van der Waals surface area (Å²) < 4.78 is 14.9. The molecule has 1 N–H and O–H groups in total. The van der Waals surface area contributed by atoms with Crippen molar-refractivity contribution >= 4 is 44.1 Å². The quantitative estimate of drug-likeness (QED) is 0.356. The molecule has 7 heteroatoms. The molecule has 1 aliphatic heterocycles. The van der Waals surface area contributed by atoms with E-state index < -0.39 is 0 Å². The van der Waals surface area contributed by atoms with Gasteiger partial charge in [0.1, 0.15) is 10.7 Å². The number of nitrogens with zero attached hydrogens (tertiary/aromatic N) is 2. The Morgan fingerprint density at radius 2 is 2.00 bits per heavy atom. The molecule has 0 atom stereocenters. The summed E-state index contributed by atoms with van der Waals surface area (Å²) in [4.78, 5) is 32.1. The van der Waals surface area contributed by atoms with Gasteiger partial charge in [0, 0.05) is 53.3 Å². The van der Waals surface area contributed by atoms with Gasteiger partial charge in [-0.15, -0.1) is 11.3 Å². The Bertz CT molecular complexity index is 1380. The molecule has 0 saturated carbocycles. The lowest BCUT2D eigenvalue weighted by Crippen LogP contribution is -2.30. The molecule has 2 aromatic carbocycles. The maximum atomic E-state index is 14.1. The van der Waals surface area contributed by atoms with Gasteiger partial charge >= 0.3 is 0 Å². The van der Waals surface area contributed by atoms with Crippen LogP contribution in [0.15, 0.2) is 48.7 Å². The third kappa shape index (κ3) is 4.28. The highest BCUT2D eigenvalue weighted by Crippen LogP contribution is 2.41. The SMILES string of the molecule is CCc1ccc(-c2c(C(=O)NCCCN3CCCC3=O)sc3c2cnc2ccc(F)cc23)cc1. The number of carbonyl (C=O) groups excluding carboxylic acids is 2. The van der Waals surface area contributed by atoms with E-state index in [1.54, 1.807) is 12.3 Å². The summed E-state index contributed by atoms with van der Waals surface area (Å²) >= 11 is 1.38. The molecule has 2 aromatic heterocycles. The second-order valence-corrected chi connectivity index (χ2v) is 9.63. The molecule has 3 heterocycles. The van der Waals surface area contributed by atoms with Crippen LogP contribution in [-0.4, -0.2) is 41.3 Å². The zero-order valence-corrected chi connectivity index (χ0v) is 19.9. The zero-order chi connectivity index (χ0) is 23.7. The fourth-order valence-electron chi connectivity index (χ4n) is 4.55. The molecule has 0 aliphatic carbocycles. The number of pyridine rings is 1. The summed E-state index contributed by atoms with van der Waals surface area (Å²) in [6.07, 6.45) is 4.96. The molecule has 2 amide bonds. The van der Waals surface area contributed by atoms with Gasteiger partial charge in [-0.25, -0.2) is 4.39 Å². The Balaban J connectivity index is 1.49. The number of amides is 2. The molecule has 0 unspecified atom stereocenters. The monoisotopic (exact) mass is 475 g/mol. The van der Waals surface area contributed by atoms with Gasteiger partial charge < -0.3 is 10.2 Å². The molecule has 1 aliphatic rings. The number of nitrogens with one attached hydrogen (secondary N) is 1. The first kappa shape index (κ1) is 22.5. The molecule has 1 saturated heterocycles. The molecule has 5 nitrogen and oxygen atoms in total. The lowest BCUT2D eigenvalue weighted by atomic mass is 9.99. The number of hydrogen-bond donors (Lipinski definition) is 1. The van der Waals surface area contributed by atoms with Crippen molar-refractivity contribution in [2.24, 2.45) is 0 Å². The topological polar surface area (TPSA) is 62.3 Å². The average Bonchev–Trinajstić information content (AvgIpc) is 3.45. The molecular formula is C27H26FN3O2S. The Morgan fingerprint density at radius 1 is 1.18 bits per heavy atom. The zero-order valence-electron chi connectivity index (χ0n) is 19.1. The summed E-state index contributed by atoms with van der Waals surface area (Å²) in [5, 5.41) is 4.59. The van der Waals surface area contributed by atoms with Gasteiger partial charge in [-0.05, 0) is 48.6 Å². The smallest absolute Gasteiger partial charge is 0.262 e. The van der Waals surface area contributed by atoms with Gasteiger partial charge in [0.2, 0.25) is 5.91 Å². The number of hydrogen-bond acceptors (Lipinski definition) is 4. The summed E-state index contributed by atoms with van der Waals surface area (Å²) in [6, 6.07) is 12.8. The van der Waals surface area contributed by atoms with Crippen molar-refractivity contribution in [3.8, 4) is 11.1 Å². The van der Waals surface area contributed by atoms with E-state index in [0.29, 0.717) is 41.7 Å². The number of thiophene rings is 1. The molecule has 1 fully saturated rings. The van der Waals surface area contributed by atoms with E-state index in [1.165, 1.54) is 29.0 Å². The van der Waals surface area contributed by atoms with E-state index in [4.69, 9.17) is 0 Å². The van der Waals surface area contributed by atoms with E-state index in [0.717, 1.165) is 40.6 Å². The van der Waals surface area contributed by atoms with Crippen molar-refractivity contribution in [1.29, 1.82) is 0 Å². The number of rotatable bonds is 7. The highest BCUT2D eigenvalue weighted by molar-refractivity contribution is 7.22. The highest BCUT2D eigenvalue weighted by Gasteiger charge is 2.22. The first-order valence-corrected chi connectivity index (χ1v) is 12.5. The number of aromatic nitrogens is 1. The normalized spacial score (nSPS) is 13.8. The number of benzene rings is 2. The minimum Gasteiger partial charge on any atom is -0.351 e. The van der Waals surface area contributed by atoms with Crippen LogP contribution in [0, 0.1) is 5.82 Å². The fraction of sp³-hybridized carbons (Fsp3) is 0.296. The predicted molar refractivity (Wildman–Crippen MR) is 135 cm³/mol. The highest BCUT2D eigenvalue weighted by atomic mass is 32.1. The largest absolute Gasteiger partial charge is 0.351 e. The number of fused-ring (bicyclic) bond motifs is 3. The predicted octanol–water partition coefficient (Wildman–Crippen LogP) is 5.56. The van der Waals surface area contributed by atoms with Gasteiger partial charge in [-0.3, -0.25) is 14.6 Å². The van der Waals surface area contributed by atoms with Crippen LogP contribution in [0.2, 0.25) is 0 Å². The van der Waals surface area contributed by atoms with Crippen LogP contribution in [0.4, 0.5) is 4.39 Å². The number of carbonyl (C=O) groups is 2. The summed E-state index contributed by atoms with van der Waals surface area (Å²) in [5.41, 5.74) is 3.68. The third-order valence-electron chi connectivity index (χ3n) is 6.40. The molecule has 34 heavy (non-hydrogen) atoms. The third-order valence-corrected chi connectivity index (χ3v) is 7.64. The van der Waals surface area contributed by atoms with E-state index in [-0.39, 0.29) is 17.6 Å². The minimum atomic E-state index is -0.327. The molecule has 0 spiro atoms. The summed E-state index contributed by atoms with van der Waals surface area (Å²) in [6.45, 7) is 4.05. The van der Waals surface area contributed by atoms with Gasteiger partial charge in [-0.1, -0.05) is 31.2 Å². The molecule has 0 radical (unpaired) electrons. The lowest BCUT2D eigenvalue weighted by molar-refractivity contribution is -0.127. The van der Waals surface area contributed by atoms with E-state index >= 15 is 0 Å². The summed E-state index contributed by atoms with van der Waals surface area (Å²) in [5.74, 6) is -0.292. The first-order valence-electron chi connectivity index (χ1n) is 11.7. The second kappa shape index (κ2) is 9.50. The van der Waals surface area contributed by atoms with E-state index in [2.05, 4.69) is 29.4 Å². The number of aryl methyl sites for hydroxylation is 1. The van der Waals surface area contributed by atoms with Gasteiger partial charge in [0.05, 0.1) is 5.52 Å². The minimum absolute atomic E-state index is 0.159. The molecule has 5 rings (SSSR count). The molecule has 0 bridgehead atoms. The van der Waals surface area contributed by atoms with Crippen molar-refractivity contribution < 1.29 is 14.0 Å². The van der Waals surface area contributed by atoms with Crippen molar-refractivity contribution in [2.75, 3.05) is 19.6 Å². The van der Waals surface area contributed by atoms with Crippen molar-refractivity contribution in [3.63, 3.8) is 0 Å². The van der Waals surface area contributed by atoms with Gasteiger partial charge in [0.25, 0.3) is 5.91 Å². The Morgan fingerprint density at radius 3 is 2.74 bits per heavy atom. The number of likely N-dealkylation sites (tertiary alicyclic amines) is 1. The fourth-order valence-corrected chi connectivity index (χ4v) is 5.79. The maximum absolute atomic E-state index is 14.1. The van der Waals surface area contributed by atoms with E-state index in [1.807, 2.05) is 17.0 Å². The van der Waals surface area contributed by atoms with Crippen LogP contribution in [0.3, 0.4) is 0 Å². The molecule has 174 valence electrons. The van der Waals surface area contributed by atoms with Crippen LogP contribution < -0.4 is 5.32 Å². The molecule has 4 aromatic rings. The first-order chi connectivity index (χ1) is 16.5. The Hall–Kier alpha value is -3.32. The number of halogens is 1. The van der Waals surface area contributed by atoms with Crippen LogP contribution in [0.25, 0.3) is 32.1 Å².